The summed E-state index contributed by atoms with van der Waals surface area (Å²) in [5, 5.41) is 0. The second-order valence-electron chi connectivity index (χ2n) is 6.35. The van der Waals surface area contributed by atoms with Crippen molar-refractivity contribution >= 4 is 5.78 Å². The van der Waals surface area contributed by atoms with Crippen LogP contribution in [0.1, 0.15) is 61.3 Å². The summed E-state index contributed by atoms with van der Waals surface area (Å²) in [4.78, 5) is 11.9. The van der Waals surface area contributed by atoms with E-state index in [0.717, 1.165) is 12.8 Å². The van der Waals surface area contributed by atoms with Gasteiger partial charge in [-0.05, 0) is 11.3 Å². The lowest BCUT2D eigenvalue weighted by Gasteiger charge is -2.31. The molecule has 0 N–H and O–H groups in total. The Balaban J connectivity index is 4.43. The average Bonchev–Trinajstić information content (AvgIpc) is 1.95. The topological polar surface area (TPSA) is 17.1 Å². The van der Waals surface area contributed by atoms with Gasteiger partial charge in [-0.1, -0.05) is 54.9 Å². The molecule has 84 valence electrons. The van der Waals surface area contributed by atoms with Crippen LogP contribution in [-0.4, -0.2) is 5.78 Å². The number of rotatable bonds is 3. The minimum absolute atomic E-state index is 0.182. The Bertz CT molecular complexity index is 190. The summed E-state index contributed by atoms with van der Waals surface area (Å²) >= 11 is 0. The van der Waals surface area contributed by atoms with E-state index in [1.807, 2.05) is 20.8 Å². The van der Waals surface area contributed by atoms with Gasteiger partial charge in [0.1, 0.15) is 5.78 Å². The van der Waals surface area contributed by atoms with Gasteiger partial charge in [0.2, 0.25) is 0 Å². The van der Waals surface area contributed by atoms with Crippen molar-refractivity contribution in [1.82, 2.24) is 0 Å². The monoisotopic (exact) mass is 198 g/mol. The molecule has 0 aromatic carbocycles. The Morgan fingerprint density at radius 2 is 1.50 bits per heavy atom. The first-order chi connectivity index (χ1) is 6.09. The summed E-state index contributed by atoms with van der Waals surface area (Å²) in [7, 11) is 0. The largest absolute Gasteiger partial charge is 0.299 e. The van der Waals surface area contributed by atoms with Crippen LogP contribution < -0.4 is 0 Å². The van der Waals surface area contributed by atoms with Gasteiger partial charge in [0, 0.05) is 11.8 Å². The molecule has 0 bridgehead atoms. The van der Waals surface area contributed by atoms with E-state index in [0.29, 0.717) is 11.7 Å². The SMILES string of the molecule is CC[C@@H](CC(=O)C(C)(C)C)C(C)(C)C. The summed E-state index contributed by atoms with van der Waals surface area (Å²) < 4.78 is 0. The molecule has 0 aliphatic heterocycles. The van der Waals surface area contributed by atoms with Crippen molar-refractivity contribution in [3.63, 3.8) is 0 Å². The molecule has 0 unspecified atom stereocenters. The molecule has 0 aliphatic carbocycles. The normalized spacial score (nSPS) is 15.4. The van der Waals surface area contributed by atoms with Crippen LogP contribution in [-0.2, 0) is 4.79 Å². The third-order valence-electron chi connectivity index (χ3n) is 2.99. The van der Waals surface area contributed by atoms with Crippen LogP contribution in [0.25, 0.3) is 0 Å². The van der Waals surface area contributed by atoms with E-state index < -0.39 is 0 Å². The van der Waals surface area contributed by atoms with Crippen molar-refractivity contribution < 1.29 is 4.79 Å². The lowest BCUT2D eigenvalue weighted by Crippen LogP contribution is -2.28. The Morgan fingerprint density at radius 1 is 1.07 bits per heavy atom. The summed E-state index contributed by atoms with van der Waals surface area (Å²) in [5.41, 5.74) is 0.0638. The number of ketones is 1. The second kappa shape index (κ2) is 4.46. The first-order valence-corrected chi connectivity index (χ1v) is 5.62. The average molecular weight is 198 g/mol. The van der Waals surface area contributed by atoms with Crippen molar-refractivity contribution in [3.05, 3.63) is 0 Å². The van der Waals surface area contributed by atoms with Gasteiger partial charge >= 0.3 is 0 Å². The smallest absolute Gasteiger partial charge is 0.138 e. The summed E-state index contributed by atoms with van der Waals surface area (Å²) in [6.45, 7) is 14.8. The van der Waals surface area contributed by atoms with Gasteiger partial charge in [0.15, 0.2) is 0 Å². The fourth-order valence-electron chi connectivity index (χ4n) is 1.59. The Hall–Kier alpha value is -0.330. The molecule has 14 heavy (non-hydrogen) atoms. The van der Waals surface area contributed by atoms with E-state index in [2.05, 4.69) is 27.7 Å². The summed E-state index contributed by atoms with van der Waals surface area (Å²) in [6.07, 6.45) is 1.81. The van der Waals surface area contributed by atoms with Crippen LogP contribution >= 0.6 is 0 Å². The maximum absolute atomic E-state index is 11.9. The summed E-state index contributed by atoms with van der Waals surface area (Å²) in [5.74, 6) is 0.897. The van der Waals surface area contributed by atoms with Crippen molar-refractivity contribution in [2.45, 2.75) is 61.3 Å². The molecule has 1 nitrogen and oxygen atoms in total. The molecule has 0 saturated carbocycles. The van der Waals surface area contributed by atoms with E-state index in [-0.39, 0.29) is 10.8 Å². The molecule has 0 fully saturated rings. The van der Waals surface area contributed by atoms with Crippen LogP contribution in [0, 0.1) is 16.7 Å². The van der Waals surface area contributed by atoms with Gasteiger partial charge in [0.25, 0.3) is 0 Å². The van der Waals surface area contributed by atoms with Crippen molar-refractivity contribution in [3.8, 4) is 0 Å². The van der Waals surface area contributed by atoms with Crippen molar-refractivity contribution in [2.75, 3.05) is 0 Å². The molecule has 0 aromatic rings. The maximum Gasteiger partial charge on any atom is 0.138 e. The highest BCUT2D eigenvalue weighted by Crippen LogP contribution is 2.33. The van der Waals surface area contributed by atoms with Gasteiger partial charge in [0.05, 0.1) is 0 Å². The fourth-order valence-corrected chi connectivity index (χ4v) is 1.59. The predicted octanol–water partition coefficient (Wildman–Crippen LogP) is 4.06. The zero-order chi connectivity index (χ0) is 11.6. The van der Waals surface area contributed by atoms with Crippen molar-refractivity contribution in [1.29, 1.82) is 0 Å². The van der Waals surface area contributed by atoms with Gasteiger partial charge in [-0.25, -0.2) is 0 Å². The van der Waals surface area contributed by atoms with Gasteiger partial charge in [-0.2, -0.15) is 0 Å². The molecule has 0 rings (SSSR count). The highest BCUT2D eigenvalue weighted by Gasteiger charge is 2.29. The third-order valence-corrected chi connectivity index (χ3v) is 2.99. The molecule has 0 aromatic heterocycles. The highest BCUT2D eigenvalue weighted by molar-refractivity contribution is 5.83. The summed E-state index contributed by atoms with van der Waals surface area (Å²) in [6, 6.07) is 0. The van der Waals surface area contributed by atoms with Crippen LogP contribution in [0.15, 0.2) is 0 Å². The minimum atomic E-state index is -0.182. The number of carbonyl (C=O) groups excluding carboxylic acids is 1. The lowest BCUT2D eigenvalue weighted by molar-refractivity contribution is -0.128. The van der Waals surface area contributed by atoms with Gasteiger partial charge in [-0.3, -0.25) is 4.79 Å². The fraction of sp³-hybridized carbons (Fsp3) is 0.923. The van der Waals surface area contributed by atoms with Crippen LogP contribution in [0.2, 0.25) is 0 Å². The number of carbonyl (C=O) groups is 1. The minimum Gasteiger partial charge on any atom is -0.299 e. The van der Waals surface area contributed by atoms with E-state index in [4.69, 9.17) is 0 Å². The zero-order valence-corrected chi connectivity index (χ0v) is 10.9. The molecule has 0 aliphatic rings. The van der Waals surface area contributed by atoms with Gasteiger partial charge in [-0.15, -0.1) is 0 Å². The number of Topliss-reactive ketones (excluding diaryl/α,β-unsaturated/α-hetero) is 1. The molecule has 0 spiro atoms. The van der Waals surface area contributed by atoms with Crippen molar-refractivity contribution in [2.24, 2.45) is 16.7 Å². The van der Waals surface area contributed by atoms with E-state index in [1.54, 1.807) is 0 Å². The molecular weight excluding hydrogens is 172 g/mol. The third kappa shape index (κ3) is 4.26. The van der Waals surface area contributed by atoms with E-state index in [9.17, 15) is 4.79 Å². The van der Waals surface area contributed by atoms with Crippen LogP contribution in [0.5, 0.6) is 0 Å². The molecule has 0 heterocycles. The van der Waals surface area contributed by atoms with Gasteiger partial charge < -0.3 is 0 Å². The molecule has 1 atom stereocenters. The first kappa shape index (κ1) is 13.7. The van der Waals surface area contributed by atoms with E-state index in [1.165, 1.54) is 0 Å². The predicted molar refractivity (Wildman–Crippen MR) is 62.3 cm³/mol. The van der Waals surface area contributed by atoms with Crippen LogP contribution in [0.3, 0.4) is 0 Å². The number of hydrogen-bond donors (Lipinski definition) is 0. The van der Waals surface area contributed by atoms with E-state index >= 15 is 0 Å². The Labute approximate surface area is 89.3 Å². The zero-order valence-electron chi connectivity index (χ0n) is 10.9. The lowest BCUT2D eigenvalue weighted by atomic mass is 9.73. The highest BCUT2D eigenvalue weighted by atomic mass is 16.1. The Kier molecular flexibility index (Phi) is 4.35. The Morgan fingerprint density at radius 3 is 1.71 bits per heavy atom. The molecule has 0 amide bonds. The number of hydrogen-bond acceptors (Lipinski definition) is 1. The molecule has 1 heteroatoms. The van der Waals surface area contributed by atoms with Crippen LogP contribution in [0.4, 0.5) is 0 Å². The second-order valence-corrected chi connectivity index (χ2v) is 6.35. The first-order valence-electron chi connectivity index (χ1n) is 5.62. The molecular formula is C13H26O. The molecule has 0 radical (unpaired) electrons. The maximum atomic E-state index is 11.9. The standard InChI is InChI=1S/C13H26O/c1-8-10(12(2,3)4)9-11(14)13(5,6)7/h10H,8-9H2,1-7H3/t10-/m0/s1. The molecule has 0 saturated heterocycles. The quantitative estimate of drug-likeness (QED) is 0.668.